The maximum atomic E-state index is 8.46. The Morgan fingerprint density at radius 3 is 3.17 bits per heavy atom. The van der Waals surface area contributed by atoms with E-state index in [0.717, 1.165) is 10.3 Å². The number of imidazole rings is 1. The zero-order valence-electron chi connectivity index (χ0n) is 6.50. The Morgan fingerprint density at radius 1 is 1.83 bits per heavy atom. The van der Waals surface area contributed by atoms with Gasteiger partial charge in [0.1, 0.15) is 5.82 Å². The monoisotopic (exact) mass is 225 g/mol. The van der Waals surface area contributed by atoms with Gasteiger partial charge in [-0.1, -0.05) is 22.5 Å². The lowest BCUT2D eigenvalue weighted by Crippen LogP contribution is -2.01. The first-order valence-corrected chi connectivity index (χ1v) is 4.23. The first-order valence-electron chi connectivity index (χ1n) is 3.44. The van der Waals surface area contributed by atoms with Crippen LogP contribution in [0.1, 0.15) is 5.82 Å². The van der Waals surface area contributed by atoms with Crippen molar-refractivity contribution in [3.63, 3.8) is 0 Å². The molecule has 0 fully saturated rings. The molecular weight excluding hydrogens is 218 g/mol. The number of nitrogens with zero attached hydrogens (tertiary/aromatic N) is 3. The predicted octanol–water partition coefficient (Wildman–Crippen LogP) is 1.86. The summed E-state index contributed by atoms with van der Waals surface area (Å²) in [7, 11) is 0. The first kappa shape index (κ1) is 9.01. The largest absolute Gasteiger partial charge is 0.329 e. The Balaban J connectivity index is 2.78. The molecule has 62 valence electrons. The highest BCUT2D eigenvalue weighted by atomic mass is 79.9. The highest BCUT2D eigenvalue weighted by Crippen LogP contribution is 2.07. The van der Waals surface area contributed by atoms with Gasteiger partial charge < -0.3 is 4.57 Å². The molecule has 0 atom stereocenters. The van der Waals surface area contributed by atoms with Gasteiger partial charge in [0.2, 0.25) is 0 Å². The van der Waals surface area contributed by atoms with Gasteiger partial charge >= 0.3 is 0 Å². The average molecular weight is 226 g/mol. The van der Waals surface area contributed by atoms with Crippen molar-refractivity contribution in [2.75, 3.05) is 0 Å². The van der Waals surface area contributed by atoms with Gasteiger partial charge in [0.15, 0.2) is 0 Å². The predicted molar refractivity (Wildman–Crippen MR) is 49.6 cm³/mol. The van der Waals surface area contributed by atoms with Gasteiger partial charge in [0.05, 0.1) is 19.0 Å². The summed E-state index contributed by atoms with van der Waals surface area (Å²) in [5, 5.41) is 8.46. The molecule has 0 spiro atoms. The number of hydrogen-bond acceptors (Lipinski definition) is 2. The van der Waals surface area contributed by atoms with Gasteiger partial charge in [-0.25, -0.2) is 4.98 Å². The Bertz CT molecular complexity index is 321. The minimum atomic E-state index is 0.341. The van der Waals surface area contributed by atoms with Crippen molar-refractivity contribution in [3.05, 3.63) is 29.3 Å². The number of hydrogen-bond donors (Lipinski definition) is 0. The van der Waals surface area contributed by atoms with Gasteiger partial charge in [0.25, 0.3) is 0 Å². The van der Waals surface area contributed by atoms with E-state index in [4.69, 9.17) is 5.26 Å². The van der Waals surface area contributed by atoms with E-state index < -0.39 is 0 Å². The molecule has 4 heteroatoms. The number of rotatable bonds is 3. The van der Waals surface area contributed by atoms with Gasteiger partial charge in [-0.2, -0.15) is 5.26 Å². The van der Waals surface area contributed by atoms with E-state index in [1.165, 1.54) is 0 Å². The highest BCUT2D eigenvalue weighted by Gasteiger charge is 2.01. The smallest absolute Gasteiger partial charge is 0.123 e. The molecule has 0 unspecified atom stereocenters. The highest BCUT2D eigenvalue weighted by molar-refractivity contribution is 9.11. The Kier molecular flexibility index (Phi) is 3.06. The quantitative estimate of drug-likeness (QED) is 0.789. The number of allylic oxidation sites excluding steroid dienone is 1. The fraction of sp³-hybridized carbons (Fsp3) is 0.250. The van der Waals surface area contributed by atoms with Crippen LogP contribution in [0.5, 0.6) is 0 Å². The van der Waals surface area contributed by atoms with Crippen molar-refractivity contribution in [1.29, 1.82) is 5.26 Å². The molecule has 1 rings (SSSR count). The van der Waals surface area contributed by atoms with Crippen LogP contribution in [0.3, 0.4) is 0 Å². The minimum Gasteiger partial charge on any atom is -0.329 e. The molecule has 1 heterocycles. The van der Waals surface area contributed by atoms with Crippen molar-refractivity contribution < 1.29 is 0 Å². The summed E-state index contributed by atoms with van der Waals surface area (Å²) < 4.78 is 2.76. The van der Waals surface area contributed by atoms with Crippen LogP contribution < -0.4 is 0 Å². The molecule has 0 aliphatic rings. The first-order chi connectivity index (χ1) is 5.74. The number of nitriles is 1. The molecule has 0 N–H and O–H groups in total. The van der Waals surface area contributed by atoms with Gasteiger partial charge in [-0.15, -0.1) is 0 Å². The van der Waals surface area contributed by atoms with E-state index in [9.17, 15) is 0 Å². The zero-order valence-corrected chi connectivity index (χ0v) is 8.08. The molecule has 0 aliphatic heterocycles. The van der Waals surface area contributed by atoms with Crippen LogP contribution in [0.15, 0.2) is 23.5 Å². The van der Waals surface area contributed by atoms with Gasteiger partial charge in [-0.05, 0) is 0 Å². The van der Waals surface area contributed by atoms with Crippen LogP contribution in [-0.4, -0.2) is 9.55 Å². The molecule has 3 nitrogen and oxygen atoms in total. The molecule has 0 aromatic carbocycles. The molecule has 0 amide bonds. The van der Waals surface area contributed by atoms with Crippen LogP contribution in [0, 0.1) is 11.3 Å². The van der Waals surface area contributed by atoms with Gasteiger partial charge in [0, 0.05) is 16.9 Å². The molecule has 0 saturated carbocycles. The number of aromatic nitrogens is 2. The third-order valence-corrected chi connectivity index (χ3v) is 1.63. The summed E-state index contributed by atoms with van der Waals surface area (Å²) in [6.07, 6.45) is 3.86. The third-order valence-electron chi connectivity index (χ3n) is 1.38. The fourth-order valence-electron chi connectivity index (χ4n) is 0.907. The Morgan fingerprint density at radius 2 is 2.58 bits per heavy atom. The van der Waals surface area contributed by atoms with Gasteiger partial charge in [-0.3, -0.25) is 0 Å². The van der Waals surface area contributed by atoms with Crippen molar-refractivity contribution >= 4 is 15.9 Å². The lowest BCUT2D eigenvalue weighted by atomic mass is 10.4. The molecule has 12 heavy (non-hydrogen) atoms. The molecule has 1 aromatic heterocycles. The summed E-state index contributed by atoms with van der Waals surface area (Å²) in [4.78, 5) is 4.04. The summed E-state index contributed by atoms with van der Waals surface area (Å²) in [6, 6.07) is 2.06. The van der Waals surface area contributed by atoms with Crippen LogP contribution in [-0.2, 0) is 13.0 Å². The molecule has 1 aromatic rings. The van der Waals surface area contributed by atoms with E-state index >= 15 is 0 Å². The second-order valence-corrected chi connectivity index (χ2v) is 3.44. The van der Waals surface area contributed by atoms with E-state index in [-0.39, 0.29) is 0 Å². The van der Waals surface area contributed by atoms with E-state index in [1.54, 1.807) is 6.20 Å². The maximum Gasteiger partial charge on any atom is 0.123 e. The van der Waals surface area contributed by atoms with Crippen LogP contribution >= 0.6 is 15.9 Å². The molecule has 0 radical (unpaired) electrons. The fourth-order valence-corrected chi connectivity index (χ4v) is 1.18. The lowest BCUT2D eigenvalue weighted by Gasteiger charge is -2.02. The number of halogens is 1. The second-order valence-electron chi connectivity index (χ2n) is 2.32. The van der Waals surface area contributed by atoms with E-state index in [1.807, 2.05) is 10.8 Å². The van der Waals surface area contributed by atoms with Crippen molar-refractivity contribution in [2.45, 2.75) is 13.0 Å². The molecule has 0 aliphatic carbocycles. The van der Waals surface area contributed by atoms with E-state index in [0.29, 0.717) is 13.0 Å². The van der Waals surface area contributed by atoms with E-state index in [2.05, 4.69) is 33.6 Å². The molecule has 0 saturated heterocycles. The topological polar surface area (TPSA) is 41.6 Å². The summed E-state index contributed by atoms with van der Waals surface area (Å²) in [5.74, 6) is 0.776. The summed E-state index contributed by atoms with van der Waals surface area (Å²) in [6.45, 7) is 4.38. The van der Waals surface area contributed by atoms with Crippen LogP contribution in [0.25, 0.3) is 0 Å². The normalized spacial score (nSPS) is 9.33. The van der Waals surface area contributed by atoms with Crippen molar-refractivity contribution in [1.82, 2.24) is 9.55 Å². The Labute approximate surface area is 79.5 Å². The molecular formula is C8H8BrN3. The zero-order chi connectivity index (χ0) is 8.97. The second kappa shape index (κ2) is 4.07. The summed E-state index contributed by atoms with van der Waals surface area (Å²) in [5.41, 5.74) is 0. The standard InChI is InChI=1S/C8H8BrN3/c1-7(9)6-12-5-4-11-8(12)2-3-10/h4-5H,1-2,6H2. The van der Waals surface area contributed by atoms with Crippen LogP contribution in [0.4, 0.5) is 0 Å². The third kappa shape index (κ3) is 2.21. The average Bonchev–Trinajstić information content (AvgIpc) is 2.37. The maximum absolute atomic E-state index is 8.46. The SMILES string of the molecule is C=C(Br)Cn1ccnc1CC#N. The minimum absolute atomic E-state index is 0.341. The summed E-state index contributed by atoms with van der Waals surface area (Å²) >= 11 is 3.26. The lowest BCUT2D eigenvalue weighted by molar-refractivity contribution is 0.760. The van der Waals surface area contributed by atoms with Crippen LogP contribution in [0.2, 0.25) is 0 Å². The molecule has 0 bridgehead atoms. The Hall–Kier alpha value is -1.08. The van der Waals surface area contributed by atoms with Crippen molar-refractivity contribution in [2.24, 2.45) is 0 Å². The van der Waals surface area contributed by atoms with Crippen molar-refractivity contribution in [3.8, 4) is 6.07 Å².